The summed E-state index contributed by atoms with van der Waals surface area (Å²) in [6.45, 7) is 5.53. The average Bonchev–Trinajstić information content (AvgIpc) is 2.71. The number of aromatic nitrogens is 2. The quantitative estimate of drug-likeness (QED) is 0.741. The number of nitrogens with one attached hydrogen (secondary N) is 1. The predicted octanol–water partition coefficient (Wildman–Crippen LogP) is 0.729. The number of rotatable bonds is 5. The van der Waals surface area contributed by atoms with Crippen LogP contribution in [0.5, 0.6) is 0 Å². The summed E-state index contributed by atoms with van der Waals surface area (Å²) < 4.78 is 6.56. The molecule has 1 rings (SSSR count). The number of aryl methyl sites for hydroxylation is 1. The van der Waals surface area contributed by atoms with Gasteiger partial charge in [0.25, 0.3) is 0 Å². The molecule has 0 aliphatic rings. The Balaban J connectivity index is 2.35. The second-order valence-corrected chi connectivity index (χ2v) is 5.61. The summed E-state index contributed by atoms with van der Waals surface area (Å²) in [7, 11) is 1.68. The second kappa shape index (κ2) is 6.71. The molecule has 0 bridgehead atoms. The molecule has 7 nitrogen and oxygen atoms in total. The highest BCUT2D eigenvalue weighted by Gasteiger charge is 2.21. The highest BCUT2D eigenvalue weighted by atomic mass is 16.6. The van der Waals surface area contributed by atoms with Crippen molar-refractivity contribution >= 4 is 6.09 Å². The average molecular weight is 285 g/mol. The lowest BCUT2D eigenvalue weighted by molar-refractivity contribution is 0.00787. The van der Waals surface area contributed by atoms with Gasteiger partial charge in [0.2, 0.25) is 0 Å². The normalized spacial score (nSPS) is 14.7. The van der Waals surface area contributed by atoms with Crippen molar-refractivity contribution in [2.45, 2.75) is 45.0 Å². The molecule has 0 saturated heterocycles. The molecule has 1 heterocycles. The van der Waals surface area contributed by atoms with E-state index in [2.05, 4.69) is 10.4 Å². The molecular formula is C13H23N3O4. The fourth-order valence-corrected chi connectivity index (χ4v) is 1.67. The van der Waals surface area contributed by atoms with Gasteiger partial charge in [-0.2, -0.15) is 5.10 Å². The Bertz CT molecular complexity index is 439. The number of alkyl carbamates (subject to hydrolysis) is 1. The summed E-state index contributed by atoms with van der Waals surface area (Å²) in [4.78, 5) is 11.4. The monoisotopic (exact) mass is 285 g/mol. The third-order valence-electron chi connectivity index (χ3n) is 2.63. The van der Waals surface area contributed by atoms with Crippen LogP contribution in [0.3, 0.4) is 0 Å². The lowest BCUT2D eigenvalue weighted by Gasteiger charge is -2.21. The lowest BCUT2D eigenvalue weighted by Crippen LogP contribution is -2.34. The Hall–Kier alpha value is -1.60. The Morgan fingerprint density at radius 1 is 1.50 bits per heavy atom. The van der Waals surface area contributed by atoms with Crippen LogP contribution in [-0.4, -0.2) is 44.3 Å². The Labute approximate surface area is 118 Å². The van der Waals surface area contributed by atoms with Gasteiger partial charge in [0.15, 0.2) is 0 Å². The van der Waals surface area contributed by atoms with Crippen LogP contribution in [0.25, 0.3) is 0 Å². The maximum Gasteiger partial charge on any atom is 0.407 e. The molecule has 20 heavy (non-hydrogen) atoms. The van der Waals surface area contributed by atoms with E-state index in [-0.39, 0.29) is 13.0 Å². The summed E-state index contributed by atoms with van der Waals surface area (Å²) in [6, 6.07) is 1.63. The van der Waals surface area contributed by atoms with Gasteiger partial charge in [-0.3, -0.25) is 4.68 Å². The first kappa shape index (κ1) is 16.5. The molecular weight excluding hydrogens is 262 g/mol. The summed E-state index contributed by atoms with van der Waals surface area (Å²) in [5.41, 5.74) is -0.0357. The van der Waals surface area contributed by atoms with Gasteiger partial charge in [-0.05, 0) is 33.3 Å². The molecule has 114 valence electrons. The van der Waals surface area contributed by atoms with Gasteiger partial charge in [-0.25, -0.2) is 4.79 Å². The first-order valence-corrected chi connectivity index (χ1v) is 6.51. The summed E-state index contributed by atoms with van der Waals surface area (Å²) in [5, 5.41) is 26.3. The standard InChI is InChI=1S/C13H23N3O4/c1-13(2,3)20-12(19)14-7-6-10(17)11(18)9-5-8-15-16(9)4/h5,8,10-11,17-18H,6-7H2,1-4H3,(H,14,19). The molecule has 0 fully saturated rings. The topological polar surface area (TPSA) is 96.6 Å². The van der Waals surface area contributed by atoms with E-state index in [1.165, 1.54) is 4.68 Å². The second-order valence-electron chi connectivity index (χ2n) is 5.61. The van der Waals surface area contributed by atoms with Crippen molar-refractivity contribution in [2.24, 2.45) is 7.05 Å². The number of hydrogen-bond donors (Lipinski definition) is 3. The number of ether oxygens (including phenoxy) is 1. The first-order chi connectivity index (χ1) is 9.20. The van der Waals surface area contributed by atoms with Crippen molar-refractivity contribution in [3.63, 3.8) is 0 Å². The van der Waals surface area contributed by atoms with Gasteiger partial charge in [0.1, 0.15) is 11.7 Å². The third-order valence-corrected chi connectivity index (χ3v) is 2.63. The largest absolute Gasteiger partial charge is 0.444 e. The van der Waals surface area contributed by atoms with Crippen LogP contribution >= 0.6 is 0 Å². The van der Waals surface area contributed by atoms with Crippen molar-refractivity contribution < 1.29 is 19.7 Å². The molecule has 0 spiro atoms. The van der Waals surface area contributed by atoms with Gasteiger partial charge in [-0.1, -0.05) is 0 Å². The van der Waals surface area contributed by atoms with E-state index in [4.69, 9.17) is 4.74 Å². The zero-order chi connectivity index (χ0) is 15.3. The lowest BCUT2D eigenvalue weighted by atomic mass is 10.1. The number of aliphatic hydroxyl groups excluding tert-OH is 2. The fourth-order valence-electron chi connectivity index (χ4n) is 1.67. The highest BCUT2D eigenvalue weighted by molar-refractivity contribution is 5.67. The van der Waals surface area contributed by atoms with Crippen molar-refractivity contribution in [1.29, 1.82) is 0 Å². The van der Waals surface area contributed by atoms with Crippen LogP contribution in [0.2, 0.25) is 0 Å². The summed E-state index contributed by atoms with van der Waals surface area (Å²) >= 11 is 0. The number of carbonyl (C=O) groups is 1. The summed E-state index contributed by atoms with van der Waals surface area (Å²) in [5.74, 6) is 0. The Kier molecular flexibility index (Phi) is 5.52. The minimum atomic E-state index is -1.04. The van der Waals surface area contributed by atoms with Crippen molar-refractivity contribution in [3.8, 4) is 0 Å². The molecule has 1 aromatic rings. The number of carbonyl (C=O) groups excluding carboxylic acids is 1. The molecule has 2 atom stereocenters. The molecule has 1 aromatic heterocycles. The van der Waals surface area contributed by atoms with Gasteiger partial charge in [0, 0.05) is 19.8 Å². The van der Waals surface area contributed by atoms with E-state index >= 15 is 0 Å². The van der Waals surface area contributed by atoms with Crippen LogP contribution in [0.15, 0.2) is 12.3 Å². The van der Waals surface area contributed by atoms with Crippen LogP contribution in [-0.2, 0) is 11.8 Å². The SMILES string of the molecule is Cn1nccc1C(O)C(O)CCNC(=O)OC(C)(C)C. The minimum absolute atomic E-state index is 0.213. The predicted molar refractivity (Wildman–Crippen MR) is 73.0 cm³/mol. The van der Waals surface area contributed by atoms with E-state index in [9.17, 15) is 15.0 Å². The zero-order valence-corrected chi connectivity index (χ0v) is 12.3. The summed E-state index contributed by atoms with van der Waals surface area (Å²) in [6.07, 6.45) is -0.807. The van der Waals surface area contributed by atoms with Crippen LogP contribution in [0, 0.1) is 0 Å². The van der Waals surface area contributed by atoms with E-state index in [1.54, 1.807) is 40.1 Å². The molecule has 2 unspecified atom stereocenters. The molecule has 0 radical (unpaired) electrons. The molecule has 3 N–H and O–H groups in total. The van der Waals surface area contributed by atoms with E-state index < -0.39 is 23.9 Å². The van der Waals surface area contributed by atoms with Crippen LogP contribution < -0.4 is 5.32 Å². The number of hydrogen-bond acceptors (Lipinski definition) is 5. The van der Waals surface area contributed by atoms with E-state index in [1.807, 2.05) is 0 Å². The molecule has 0 aromatic carbocycles. The van der Waals surface area contributed by atoms with E-state index in [0.717, 1.165) is 0 Å². The maximum atomic E-state index is 11.4. The van der Waals surface area contributed by atoms with Gasteiger partial charge < -0.3 is 20.3 Å². The molecule has 0 saturated carbocycles. The van der Waals surface area contributed by atoms with Crippen LogP contribution in [0.1, 0.15) is 39.0 Å². The number of amides is 1. The maximum absolute atomic E-state index is 11.4. The molecule has 7 heteroatoms. The first-order valence-electron chi connectivity index (χ1n) is 6.51. The zero-order valence-electron chi connectivity index (χ0n) is 12.3. The molecule has 0 aliphatic carbocycles. The van der Waals surface area contributed by atoms with Crippen molar-refractivity contribution in [2.75, 3.05) is 6.54 Å². The molecule has 1 amide bonds. The third kappa shape index (κ3) is 5.18. The van der Waals surface area contributed by atoms with Crippen molar-refractivity contribution in [1.82, 2.24) is 15.1 Å². The van der Waals surface area contributed by atoms with E-state index in [0.29, 0.717) is 5.69 Å². The van der Waals surface area contributed by atoms with Crippen molar-refractivity contribution in [3.05, 3.63) is 18.0 Å². The van der Waals surface area contributed by atoms with Gasteiger partial charge in [0.05, 0.1) is 11.8 Å². The van der Waals surface area contributed by atoms with Gasteiger partial charge in [-0.15, -0.1) is 0 Å². The number of aliphatic hydroxyl groups is 2. The van der Waals surface area contributed by atoms with Gasteiger partial charge >= 0.3 is 6.09 Å². The van der Waals surface area contributed by atoms with Crippen LogP contribution in [0.4, 0.5) is 4.79 Å². The highest BCUT2D eigenvalue weighted by Crippen LogP contribution is 2.17. The smallest absolute Gasteiger partial charge is 0.407 e. The minimum Gasteiger partial charge on any atom is -0.444 e. The fraction of sp³-hybridized carbons (Fsp3) is 0.692. The Morgan fingerprint density at radius 2 is 2.15 bits per heavy atom. The molecule has 0 aliphatic heterocycles. The Morgan fingerprint density at radius 3 is 2.65 bits per heavy atom. The number of nitrogens with zero attached hydrogens (tertiary/aromatic N) is 2.